The molecule has 7 heteroatoms. The molecule has 1 heterocycles. The average molecular weight is 370 g/mol. The van der Waals surface area contributed by atoms with Crippen LogP contribution in [0.1, 0.15) is 24.3 Å². The molecular weight excluding hydrogens is 359 g/mol. The third-order valence-electron chi connectivity index (χ3n) is 3.28. The van der Waals surface area contributed by atoms with Gasteiger partial charge in [-0.2, -0.15) is 5.01 Å². The number of carbonyl (C=O) groups excluding carboxylic acids is 1. The minimum absolute atomic E-state index is 0.245. The molecule has 0 saturated heterocycles. The van der Waals surface area contributed by atoms with Gasteiger partial charge in [0.15, 0.2) is 0 Å². The summed E-state index contributed by atoms with van der Waals surface area (Å²) in [5.74, 6) is 0.0202. The normalized spacial score (nSPS) is 17.0. The number of hydrogen-bond acceptors (Lipinski definition) is 3. The number of nitrogens with zero attached hydrogens (tertiary/aromatic N) is 2. The fraction of sp³-hybridized carbons (Fsp3) is 0.125. The highest BCUT2D eigenvalue weighted by Gasteiger charge is 2.33. The van der Waals surface area contributed by atoms with Crippen molar-refractivity contribution >= 4 is 46.6 Å². The first-order valence-electron chi connectivity index (χ1n) is 6.71. The lowest BCUT2D eigenvalue weighted by Crippen LogP contribution is -2.25. The Morgan fingerprint density at radius 1 is 1.09 bits per heavy atom. The highest BCUT2D eigenvalue weighted by atomic mass is 35.5. The summed E-state index contributed by atoms with van der Waals surface area (Å²) in [5.41, 5.74) is 1.33. The van der Waals surface area contributed by atoms with Gasteiger partial charge in [0.2, 0.25) is 18.0 Å². The van der Waals surface area contributed by atoms with Gasteiger partial charge in [-0.25, -0.2) is 0 Å². The fourth-order valence-corrected chi connectivity index (χ4v) is 2.80. The van der Waals surface area contributed by atoms with Gasteiger partial charge in [0.25, 0.3) is 0 Å². The van der Waals surface area contributed by atoms with Crippen molar-refractivity contribution in [1.29, 1.82) is 0 Å². The molecule has 1 aliphatic heterocycles. The SMILES string of the molecule is CC(=O)N1N=C(c2ccc(Cl)cc2Cl)OC1c1ccc(Cl)cc1. The molecule has 23 heavy (non-hydrogen) atoms. The van der Waals surface area contributed by atoms with E-state index in [1.165, 1.54) is 11.9 Å². The van der Waals surface area contributed by atoms with Crippen molar-refractivity contribution < 1.29 is 9.53 Å². The van der Waals surface area contributed by atoms with Crippen molar-refractivity contribution in [3.8, 4) is 0 Å². The van der Waals surface area contributed by atoms with E-state index < -0.39 is 6.23 Å². The Kier molecular flexibility index (Phi) is 4.48. The van der Waals surface area contributed by atoms with E-state index in [2.05, 4.69) is 5.10 Å². The van der Waals surface area contributed by atoms with Crippen LogP contribution >= 0.6 is 34.8 Å². The van der Waals surface area contributed by atoms with Crippen LogP contribution in [0.5, 0.6) is 0 Å². The molecule has 0 radical (unpaired) electrons. The van der Waals surface area contributed by atoms with Crippen LogP contribution in [-0.4, -0.2) is 16.8 Å². The third kappa shape index (κ3) is 3.29. The van der Waals surface area contributed by atoms with Gasteiger partial charge in [-0.3, -0.25) is 4.79 Å². The Hall–Kier alpha value is -1.75. The summed E-state index contributed by atoms with van der Waals surface area (Å²) in [6, 6.07) is 12.0. The summed E-state index contributed by atoms with van der Waals surface area (Å²) < 4.78 is 5.85. The van der Waals surface area contributed by atoms with Crippen molar-refractivity contribution in [3.63, 3.8) is 0 Å². The van der Waals surface area contributed by atoms with Crippen LogP contribution in [0.15, 0.2) is 47.6 Å². The lowest BCUT2D eigenvalue weighted by molar-refractivity contribution is -0.135. The monoisotopic (exact) mass is 368 g/mol. The topological polar surface area (TPSA) is 41.9 Å². The van der Waals surface area contributed by atoms with Gasteiger partial charge in [0.1, 0.15) is 0 Å². The molecule has 1 atom stereocenters. The Morgan fingerprint density at radius 3 is 2.35 bits per heavy atom. The zero-order valence-electron chi connectivity index (χ0n) is 12.0. The molecule has 0 aliphatic carbocycles. The molecular formula is C16H11Cl3N2O2. The van der Waals surface area contributed by atoms with Gasteiger partial charge < -0.3 is 4.74 Å². The third-order valence-corrected chi connectivity index (χ3v) is 4.08. The average Bonchev–Trinajstić information content (AvgIpc) is 2.93. The van der Waals surface area contributed by atoms with Crippen molar-refractivity contribution in [1.82, 2.24) is 5.01 Å². The van der Waals surface area contributed by atoms with Gasteiger partial charge in [0, 0.05) is 22.5 Å². The number of hydrazone groups is 1. The summed E-state index contributed by atoms with van der Waals surface area (Å²) >= 11 is 18.0. The van der Waals surface area contributed by atoms with Crippen molar-refractivity contribution in [2.24, 2.45) is 5.10 Å². The molecule has 2 aromatic rings. The fourth-order valence-electron chi connectivity index (χ4n) is 2.18. The van der Waals surface area contributed by atoms with Crippen LogP contribution in [-0.2, 0) is 9.53 Å². The molecule has 3 rings (SSSR count). The highest BCUT2D eigenvalue weighted by Crippen LogP contribution is 2.33. The minimum atomic E-state index is -0.661. The van der Waals surface area contributed by atoms with Crippen molar-refractivity contribution in [2.75, 3.05) is 0 Å². The van der Waals surface area contributed by atoms with E-state index in [-0.39, 0.29) is 11.8 Å². The molecule has 0 spiro atoms. The summed E-state index contributed by atoms with van der Waals surface area (Å²) in [7, 11) is 0. The summed E-state index contributed by atoms with van der Waals surface area (Å²) in [6.45, 7) is 1.42. The lowest BCUT2D eigenvalue weighted by atomic mass is 10.2. The van der Waals surface area contributed by atoms with Crippen LogP contribution in [0.25, 0.3) is 0 Å². The van der Waals surface area contributed by atoms with Crippen molar-refractivity contribution in [3.05, 3.63) is 68.7 Å². The first-order valence-corrected chi connectivity index (χ1v) is 7.85. The lowest BCUT2D eigenvalue weighted by Gasteiger charge is -2.19. The van der Waals surface area contributed by atoms with Gasteiger partial charge >= 0.3 is 0 Å². The second-order valence-corrected chi connectivity index (χ2v) is 6.19. The Labute approximate surface area is 148 Å². The van der Waals surface area contributed by atoms with Crippen LogP contribution in [0, 0.1) is 0 Å². The van der Waals surface area contributed by atoms with Crippen LogP contribution in [0.3, 0.4) is 0 Å². The van der Waals surface area contributed by atoms with E-state index in [1.807, 2.05) is 0 Å². The van der Waals surface area contributed by atoms with E-state index in [9.17, 15) is 4.79 Å². The molecule has 1 unspecified atom stereocenters. The highest BCUT2D eigenvalue weighted by molar-refractivity contribution is 6.36. The molecule has 0 bridgehead atoms. The Morgan fingerprint density at radius 2 is 1.74 bits per heavy atom. The van der Waals surface area contributed by atoms with E-state index in [0.717, 1.165) is 5.56 Å². The Bertz CT molecular complexity index is 790. The quantitative estimate of drug-likeness (QED) is 0.756. The number of benzene rings is 2. The van der Waals surface area contributed by atoms with Crippen LogP contribution in [0.2, 0.25) is 15.1 Å². The zero-order valence-corrected chi connectivity index (χ0v) is 14.2. The maximum atomic E-state index is 11.9. The first kappa shape index (κ1) is 16.1. The molecule has 0 fully saturated rings. The predicted molar refractivity (Wildman–Crippen MR) is 90.8 cm³/mol. The maximum absolute atomic E-state index is 11.9. The standard InChI is InChI=1S/C16H11Cl3N2O2/c1-9(22)21-16(10-2-4-11(17)5-3-10)23-15(20-21)13-7-6-12(18)8-14(13)19/h2-8,16H,1H3. The second kappa shape index (κ2) is 6.40. The number of ether oxygens (including phenoxy) is 1. The molecule has 1 aliphatic rings. The predicted octanol–water partition coefficient (Wildman–Crippen LogP) is 4.89. The smallest absolute Gasteiger partial charge is 0.243 e. The van der Waals surface area contributed by atoms with Crippen LogP contribution < -0.4 is 0 Å². The Balaban J connectivity index is 1.97. The summed E-state index contributed by atoms with van der Waals surface area (Å²) in [4.78, 5) is 11.9. The number of hydrogen-bond donors (Lipinski definition) is 0. The summed E-state index contributed by atoms with van der Waals surface area (Å²) in [6.07, 6.45) is -0.661. The molecule has 0 N–H and O–H groups in total. The van der Waals surface area contributed by atoms with E-state index in [0.29, 0.717) is 20.6 Å². The molecule has 0 saturated carbocycles. The number of rotatable bonds is 2. The van der Waals surface area contributed by atoms with E-state index in [4.69, 9.17) is 39.5 Å². The van der Waals surface area contributed by atoms with Crippen molar-refractivity contribution in [2.45, 2.75) is 13.2 Å². The van der Waals surface area contributed by atoms with Crippen LogP contribution in [0.4, 0.5) is 0 Å². The van der Waals surface area contributed by atoms with Gasteiger partial charge in [-0.15, -0.1) is 5.10 Å². The van der Waals surface area contributed by atoms with E-state index >= 15 is 0 Å². The van der Waals surface area contributed by atoms with E-state index in [1.54, 1.807) is 42.5 Å². The molecule has 1 amide bonds. The minimum Gasteiger partial charge on any atom is -0.446 e. The second-order valence-electron chi connectivity index (χ2n) is 4.91. The largest absolute Gasteiger partial charge is 0.446 e. The molecule has 118 valence electrons. The number of amides is 1. The number of carbonyl (C=O) groups is 1. The first-order chi connectivity index (χ1) is 11.0. The molecule has 0 aromatic heterocycles. The summed E-state index contributed by atoms with van der Waals surface area (Å²) in [5, 5.41) is 7.02. The number of halogens is 3. The van der Waals surface area contributed by atoms with Gasteiger partial charge in [-0.05, 0) is 30.3 Å². The zero-order chi connectivity index (χ0) is 16.6. The van der Waals surface area contributed by atoms with Gasteiger partial charge in [-0.1, -0.05) is 46.9 Å². The van der Waals surface area contributed by atoms with Gasteiger partial charge in [0.05, 0.1) is 10.6 Å². The maximum Gasteiger partial charge on any atom is 0.243 e. The molecule has 2 aromatic carbocycles. The molecule has 4 nitrogen and oxygen atoms in total.